The van der Waals surface area contributed by atoms with Crippen molar-refractivity contribution in [2.75, 3.05) is 33.9 Å². The Labute approximate surface area is 310 Å². The molecular formula is C40H64N6O6. The third kappa shape index (κ3) is 11.5. The molecule has 4 fully saturated rings. The van der Waals surface area contributed by atoms with Gasteiger partial charge in [-0.25, -0.2) is 0 Å². The number of pyridine rings is 1. The number of carbonyl (C=O) groups is 4. The van der Waals surface area contributed by atoms with E-state index in [-0.39, 0.29) is 66.3 Å². The SMILES string of the molecule is CC(C)N(C)[C@@H]1CCC[C@H](NC(=O)[C@H]2CC[C@H](NC(=O)CCCO[C@H]3CC[C@H](OCCNC(=O)[C@H]4CC(=O)N(C)[C@@H]4c4cccnc4)CC3)CC2)C1. The Morgan fingerprint density at radius 2 is 1.63 bits per heavy atom. The number of likely N-dealkylation sites (tertiary alicyclic amines) is 1. The highest BCUT2D eigenvalue weighted by molar-refractivity contribution is 5.90. The van der Waals surface area contributed by atoms with Crippen LogP contribution in [-0.2, 0) is 28.7 Å². The number of hydrogen-bond acceptors (Lipinski definition) is 8. The second-order valence-electron chi connectivity index (χ2n) is 16.0. The molecule has 1 aromatic heterocycles. The maximum absolute atomic E-state index is 13.1. The van der Waals surface area contributed by atoms with Crippen LogP contribution < -0.4 is 16.0 Å². The summed E-state index contributed by atoms with van der Waals surface area (Å²) < 4.78 is 12.2. The number of nitrogens with one attached hydrogen (secondary N) is 3. The minimum Gasteiger partial charge on any atom is -0.378 e. The van der Waals surface area contributed by atoms with Gasteiger partial charge in [0.25, 0.3) is 0 Å². The average molecular weight is 725 g/mol. The van der Waals surface area contributed by atoms with Gasteiger partial charge in [-0.3, -0.25) is 24.2 Å². The van der Waals surface area contributed by atoms with Crippen LogP contribution in [0.15, 0.2) is 24.5 Å². The highest BCUT2D eigenvalue weighted by Gasteiger charge is 2.42. The second-order valence-corrected chi connectivity index (χ2v) is 16.0. The Bertz CT molecular complexity index is 1300. The molecule has 3 N–H and O–H groups in total. The molecule has 3 aliphatic carbocycles. The first-order valence-corrected chi connectivity index (χ1v) is 20.1. The number of nitrogens with zero attached hydrogens (tertiary/aromatic N) is 3. The highest BCUT2D eigenvalue weighted by atomic mass is 16.5. The lowest BCUT2D eigenvalue weighted by Crippen LogP contribution is -2.48. The minimum absolute atomic E-state index is 0.0402. The first-order valence-electron chi connectivity index (χ1n) is 20.1. The smallest absolute Gasteiger partial charge is 0.226 e. The largest absolute Gasteiger partial charge is 0.378 e. The molecule has 2 heterocycles. The summed E-state index contributed by atoms with van der Waals surface area (Å²) in [5.74, 6) is -0.297. The quantitative estimate of drug-likeness (QED) is 0.215. The third-order valence-electron chi connectivity index (χ3n) is 12.1. The zero-order valence-electron chi connectivity index (χ0n) is 32.0. The summed E-state index contributed by atoms with van der Waals surface area (Å²) in [6.45, 7) is 5.86. The standard InChI is InChI=1S/C40H64N6O6/c1-27(2)45(3)32-10-5-9-31(24-32)44-39(49)28-12-14-30(15-13-28)43-36(47)11-7-22-51-33-16-18-34(19-17-33)52-23-21-42-40(50)35-25-37(48)46(4)38(35)29-8-6-20-41-26-29/h6,8,20,26-28,30-35,38H,5,7,9-19,21-25H2,1-4H3,(H,42,50)(H,43,47)(H,44,49)/t28-,30-,31-,32+,33-,34-,35-,38+/m0/s1. The van der Waals surface area contributed by atoms with E-state index in [1.807, 2.05) is 12.1 Å². The lowest BCUT2D eigenvalue weighted by atomic mass is 9.84. The first kappa shape index (κ1) is 40.1. The molecule has 4 aliphatic rings. The second kappa shape index (κ2) is 19.8. The lowest BCUT2D eigenvalue weighted by molar-refractivity contribution is -0.128. The van der Waals surface area contributed by atoms with E-state index in [1.54, 1.807) is 24.3 Å². The summed E-state index contributed by atoms with van der Waals surface area (Å²) in [5.41, 5.74) is 0.864. The number of aromatic nitrogens is 1. The molecule has 0 aromatic carbocycles. The number of ether oxygens (including phenoxy) is 2. The molecule has 0 bridgehead atoms. The molecule has 0 unspecified atom stereocenters. The summed E-state index contributed by atoms with van der Waals surface area (Å²) >= 11 is 0. The molecule has 12 nitrogen and oxygen atoms in total. The maximum atomic E-state index is 13.1. The maximum Gasteiger partial charge on any atom is 0.226 e. The normalized spacial score (nSPS) is 29.7. The van der Waals surface area contributed by atoms with Gasteiger partial charge >= 0.3 is 0 Å². The summed E-state index contributed by atoms with van der Waals surface area (Å²) in [5, 5.41) is 9.53. The van der Waals surface area contributed by atoms with Crippen molar-refractivity contribution in [1.82, 2.24) is 30.7 Å². The molecule has 12 heteroatoms. The van der Waals surface area contributed by atoms with Gasteiger partial charge in [-0.15, -0.1) is 0 Å². The van der Waals surface area contributed by atoms with Crippen LogP contribution in [0.25, 0.3) is 0 Å². The van der Waals surface area contributed by atoms with E-state index in [2.05, 4.69) is 46.7 Å². The summed E-state index contributed by atoms with van der Waals surface area (Å²) in [7, 11) is 3.93. The van der Waals surface area contributed by atoms with Crippen molar-refractivity contribution < 1.29 is 28.7 Å². The molecule has 1 aromatic rings. The van der Waals surface area contributed by atoms with Crippen LogP contribution in [0.5, 0.6) is 0 Å². The number of hydrogen-bond donors (Lipinski definition) is 3. The van der Waals surface area contributed by atoms with Gasteiger partial charge in [0.15, 0.2) is 0 Å². The molecule has 4 atom stereocenters. The van der Waals surface area contributed by atoms with Crippen molar-refractivity contribution in [2.24, 2.45) is 11.8 Å². The minimum atomic E-state index is -0.447. The third-order valence-corrected chi connectivity index (χ3v) is 12.1. The molecule has 4 amide bonds. The molecule has 0 radical (unpaired) electrons. The molecule has 0 spiro atoms. The number of amides is 4. The lowest BCUT2D eigenvalue weighted by Gasteiger charge is -2.38. The van der Waals surface area contributed by atoms with Crippen LogP contribution in [0.4, 0.5) is 0 Å². The van der Waals surface area contributed by atoms with Gasteiger partial charge in [0.1, 0.15) is 0 Å². The summed E-state index contributed by atoms with van der Waals surface area (Å²) in [6, 6.07) is 4.89. The van der Waals surface area contributed by atoms with Gasteiger partial charge in [-0.05, 0) is 116 Å². The van der Waals surface area contributed by atoms with Crippen LogP contribution in [0.1, 0.15) is 122 Å². The van der Waals surface area contributed by atoms with Crippen molar-refractivity contribution in [3.05, 3.63) is 30.1 Å². The van der Waals surface area contributed by atoms with Crippen LogP contribution in [0.2, 0.25) is 0 Å². The fraction of sp³-hybridized carbons (Fsp3) is 0.775. The van der Waals surface area contributed by atoms with Gasteiger partial charge in [0.2, 0.25) is 23.6 Å². The monoisotopic (exact) mass is 724 g/mol. The molecule has 5 rings (SSSR count). The highest BCUT2D eigenvalue weighted by Crippen LogP contribution is 2.37. The van der Waals surface area contributed by atoms with E-state index in [9.17, 15) is 19.2 Å². The molecule has 3 saturated carbocycles. The number of carbonyl (C=O) groups excluding carboxylic acids is 4. The van der Waals surface area contributed by atoms with Gasteiger partial charge in [-0.1, -0.05) is 6.07 Å². The van der Waals surface area contributed by atoms with Crippen LogP contribution >= 0.6 is 0 Å². The van der Waals surface area contributed by atoms with E-state index in [0.29, 0.717) is 44.7 Å². The predicted octanol–water partition coefficient (Wildman–Crippen LogP) is 4.28. The number of rotatable bonds is 16. The van der Waals surface area contributed by atoms with E-state index in [0.717, 1.165) is 76.2 Å². The van der Waals surface area contributed by atoms with E-state index < -0.39 is 5.92 Å². The molecule has 52 heavy (non-hydrogen) atoms. The van der Waals surface area contributed by atoms with Crippen molar-refractivity contribution in [3.63, 3.8) is 0 Å². The Kier molecular flexibility index (Phi) is 15.3. The first-order chi connectivity index (χ1) is 25.1. The molecular weight excluding hydrogens is 660 g/mol. The summed E-state index contributed by atoms with van der Waals surface area (Å²) in [6.07, 6.45) is 16.5. The van der Waals surface area contributed by atoms with Crippen molar-refractivity contribution >= 4 is 23.6 Å². The Balaban J connectivity index is 0.875. The van der Waals surface area contributed by atoms with Gasteiger partial charge < -0.3 is 35.2 Å². The average Bonchev–Trinajstić information content (AvgIpc) is 3.46. The molecule has 1 saturated heterocycles. The van der Waals surface area contributed by atoms with E-state index >= 15 is 0 Å². The van der Waals surface area contributed by atoms with Crippen molar-refractivity contribution in [3.8, 4) is 0 Å². The van der Waals surface area contributed by atoms with Crippen molar-refractivity contribution in [2.45, 2.75) is 153 Å². The van der Waals surface area contributed by atoms with Gasteiger partial charge in [-0.2, -0.15) is 0 Å². The zero-order chi connectivity index (χ0) is 37.0. The van der Waals surface area contributed by atoms with Crippen LogP contribution in [0.3, 0.4) is 0 Å². The fourth-order valence-corrected chi connectivity index (χ4v) is 8.70. The van der Waals surface area contributed by atoms with Crippen LogP contribution in [0, 0.1) is 11.8 Å². The fourth-order valence-electron chi connectivity index (χ4n) is 8.70. The predicted molar refractivity (Wildman–Crippen MR) is 199 cm³/mol. The summed E-state index contributed by atoms with van der Waals surface area (Å²) in [4.78, 5) is 59.3. The Hall–Kier alpha value is -3.09. The molecule has 1 aliphatic heterocycles. The van der Waals surface area contributed by atoms with Gasteiger partial charge in [0.05, 0.1) is 30.8 Å². The van der Waals surface area contributed by atoms with Crippen LogP contribution in [-0.4, -0.2) is 109 Å². The van der Waals surface area contributed by atoms with E-state index in [4.69, 9.17) is 9.47 Å². The van der Waals surface area contributed by atoms with Crippen molar-refractivity contribution in [1.29, 1.82) is 0 Å². The van der Waals surface area contributed by atoms with Gasteiger partial charge in [0, 0.05) is 75.5 Å². The zero-order valence-corrected chi connectivity index (χ0v) is 32.0. The Morgan fingerprint density at radius 1 is 0.923 bits per heavy atom. The Morgan fingerprint density at radius 3 is 2.31 bits per heavy atom. The molecule has 290 valence electrons. The topological polar surface area (TPSA) is 142 Å². The van der Waals surface area contributed by atoms with E-state index in [1.165, 1.54) is 6.42 Å².